The number of hydrogen-bond donors (Lipinski definition) is 1. The van der Waals surface area contributed by atoms with Crippen LogP contribution in [0.25, 0.3) is 0 Å². The first-order valence-electron chi connectivity index (χ1n) is 9.12. The zero-order valence-corrected chi connectivity index (χ0v) is 15.6. The van der Waals surface area contributed by atoms with Gasteiger partial charge in [-0.15, -0.1) is 0 Å². The number of aryl methyl sites for hydroxylation is 1. The first-order valence-corrected chi connectivity index (χ1v) is 9.12. The molecule has 7 heteroatoms. The van der Waals surface area contributed by atoms with E-state index in [-0.39, 0.29) is 12.3 Å². The van der Waals surface area contributed by atoms with Gasteiger partial charge in [-0.3, -0.25) is 9.78 Å². The SMILES string of the molecule is Cc1cnc(C(=O)OCC(=O)Nc2ccc(N3CCC(C)CC3)cc2)cn1. The molecule has 0 radical (unpaired) electrons. The van der Waals surface area contributed by atoms with Gasteiger partial charge in [-0.1, -0.05) is 6.92 Å². The van der Waals surface area contributed by atoms with Crippen molar-refractivity contribution < 1.29 is 14.3 Å². The molecule has 142 valence electrons. The van der Waals surface area contributed by atoms with Crippen LogP contribution in [-0.4, -0.2) is 41.5 Å². The van der Waals surface area contributed by atoms with Gasteiger partial charge in [0.25, 0.3) is 5.91 Å². The molecular formula is C20H24N4O3. The number of carbonyl (C=O) groups excluding carboxylic acids is 2. The fraction of sp³-hybridized carbons (Fsp3) is 0.400. The number of rotatable bonds is 5. The van der Waals surface area contributed by atoms with E-state index in [1.807, 2.05) is 24.3 Å². The summed E-state index contributed by atoms with van der Waals surface area (Å²) in [7, 11) is 0. The highest BCUT2D eigenvalue weighted by molar-refractivity contribution is 5.94. The Bertz CT molecular complexity index is 782. The summed E-state index contributed by atoms with van der Waals surface area (Å²) in [6.45, 7) is 5.80. The second-order valence-electron chi connectivity index (χ2n) is 6.88. The molecule has 2 aromatic rings. The summed E-state index contributed by atoms with van der Waals surface area (Å²) >= 11 is 0. The molecule has 1 N–H and O–H groups in total. The monoisotopic (exact) mass is 368 g/mol. The van der Waals surface area contributed by atoms with E-state index >= 15 is 0 Å². The van der Waals surface area contributed by atoms with E-state index in [0.717, 1.165) is 24.7 Å². The van der Waals surface area contributed by atoms with Gasteiger partial charge in [-0.2, -0.15) is 0 Å². The van der Waals surface area contributed by atoms with E-state index in [9.17, 15) is 9.59 Å². The Kier molecular flexibility index (Phi) is 6.01. The van der Waals surface area contributed by atoms with E-state index in [4.69, 9.17) is 4.74 Å². The van der Waals surface area contributed by atoms with Crippen molar-refractivity contribution in [2.24, 2.45) is 5.92 Å². The Morgan fingerprint density at radius 3 is 2.48 bits per heavy atom. The van der Waals surface area contributed by atoms with E-state index in [2.05, 4.69) is 27.1 Å². The van der Waals surface area contributed by atoms with Gasteiger partial charge in [-0.25, -0.2) is 9.78 Å². The van der Waals surface area contributed by atoms with Crippen LogP contribution >= 0.6 is 0 Å². The molecule has 1 fully saturated rings. The van der Waals surface area contributed by atoms with Gasteiger partial charge in [0, 0.05) is 30.7 Å². The Morgan fingerprint density at radius 2 is 1.85 bits per heavy atom. The number of nitrogens with zero attached hydrogens (tertiary/aromatic N) is 3. The number of hydrogen-bond acceptors (Lipinski definition) is 6. The minimum Gasteiger partial charge on any atom is -0.451 e. The van der Waals surface area contributed by atoms with Crippen molar-refractivity contribution >= 4 is 23.3 Å². The maximum absolute atomic E-state index is 12.0. The Labute approximate surface area is 158 Å². The number of anilines is 2. The number of aromatic nitrogens is 2. The molecule has 2 heterocycles. The standard InChI is InChI=1S/C20H24N4O3/c1-14-7-9-24(10-8-14)17-5-3-16(4-6-17)23-19(25)13-27-20(26)18-12-21-15(2)11-22-18/h3-6,11-12,14H,7-10,13H2,1-2H3,(H,23,25). The lowest BCUT2D eigenvalue weighted by atomic mass is 9.99. The molecule has 0 atom stereocenters. The largest absolute Gasteiger partial charge is 0.451 e. The summed E-state index contributed by atoms with van der Waals surface area (Å²) in [6.07, 6.45) is 5.21. The fourth-order valence-electron chi connectivity index (χ4n) is 2.92. The van der Waals surface area contributed by atoms with Crippen molar-refractivity contribution in [3.05, 3.63) is 48.0 Å². The van der Waals surface area contributed by atoms with Gasteiger partial charge < -0.3 is 15.0 Å². The molecule has 1 amide bonds. The number of nitrogens with one attached hydrogen (secondary N) is 1. The fourth-order valence-corrected chi connectivity index (χ4v) is 2.92. The third-order valence-corrected chi connectivity index (χ3v) is 4.62. The molecule has 1 aliphatic rings. The number of ether oxygens (including phenoxy) is 1. The lowest BCUT2D eigenvalue weighted by Gasteiger charge is -2.32. The van der Waals surface area contributed by atoms with E-state index in [1.54, 1.807) is 6.92 Å². The van der Waals surface area contributed by atoms with Crippen LogP contribution in [0.4, 0.5) is 11.4 Å². The topological polar surface area (TPSA) is 84.4 Å². The van der Waals surface area contributed by atoms with Crippen LogP contribution in [-0.2, 0) is 9.53 Å². The maximum Gasteiger partial charge on any atom is 0.359 e. The number of benzene rings is 1. The van der Waals surface area contributed by atoms with E-state index in [0.29, 0.717) is 11.4 Å². The highest BCUT2D eigenvalue weighted by Gasteiger charge is 2.16. The third-order valence-electron chi connectivity index (χ3n) is 4.62. The quantitative estimate of drug-likeness (QED) is 0.817. The summed E-state index contributed by atoms with van der Waals surface area (Å²) < 4.78 is 4.97. The van der Waals surface area contributed by atoms with Crippen LogP contribution in [0.2, 0.25) is 0 Å². The van der Waals surface area contributed by atoms with Crippen molar-refractivity contribution in [1.82, 2.24) is 9.97 Å². The van der Waals surface area contributed by atoms with Crippen LogP contribution in [0.3, 0.4) is 0 Å². The highest BCUT2D eigenvalue weighted by atomic mass is 16.5. The summed E-state index contributed by atoms with van der Waals surface area (Å²) in [4.78, 5) is 34.1. The smallest absolute Gasteiger partial charge is 0.359 e. The third kappa shape index (κ3) is 5.26. The van der Waals surface area contributed by atoms with Crippen molar-refractivity contribution in [2.75, 3.05) is 29.9 Å². The molecule has 1 aromatic heterocycles. The second kappa shape index (κ2) is 8.62. The summed E-state index contributed by atoms with van der Waals surface area (Å²) in [5.41, 5.74) is 2.60. The molecule has 27 heavy (non-hydrogen) atoms. The number of esters is 1. The van der Waals surface area contributed by atoms with Crippen LogP contribution in [0.15, 0.2) is 36.7 Å². The molecule has 3 rings (SSSR count). The zero-order chi connectivity index (χ0) is 19.2. The number of amides is 1. The predicted octanol–water partition coefficient (Wildman–Crippen LogP) is 2.82. The van der Waals surface area contributed by atoms with Crippen molar-refractivity contribution in [1.29, 1.82) is 0 Å². The van der Waals surface area contributed by atoms with E-state index in [1.165, 1.54) is 25.2 Å². The number of carbonyl (C=O) groups is 2. The molecule has 0 saturated carbocycles. The lowest BCUT2D eigenvalue weighted by molar-refractivity contribution is -0.119. The Hall–Kier alpha value is -2.96. The van der Waals surface area contributed by atoms with E-state index < -0.39 is 11.9 Å². The minimum absolute atomic E-state index is 0.0774. The highest BCUT2D eigenvalue weighted by Crippen LogP contribution is 2.24. The first-order chi connectivity index (χ1) is 13.0. The van der Waals surface area contributed by atoms with Gasteiger partial charge in [0.2, 0.25) is 0 Å². The van der Waals surface area contributed by atoms with Crippen molar-refractivity contribution in [3.63, 3.8) is 0 Å². The van der Waals surface area contributed by atoms with Gasteiger partial charge >= 0.3 is 5.97 Å². The minimum atomic E-state index is -0.674. The Balaban J connectivity index is 1.47. The van der Waals surface area contributed by atoms with Crippen molar-refractivity contribution in [2.45, 2.75) is 26.7 Å². The maximum atomic E-state index is 12.0. The molecule has 7 nitrogen and oxygen atoms in total. The Morgan fingerprint density at radius 1 is 1.15 bits per heavy atom. The van der Waals surface area contributed by atoms with Gasteiger partial charge in [0.05, 0.1) is 11.9 Å². The van der Waals surface area contributed by atoms with Gasteiger partial charge in [0.1, 0.15) is 0 Å². The molecular weight excluding hydrogens is 344 g/mol. The summed E-state index contributed by atoms with van der Waals surface area (Å²) in [5.74, 6) is -0.288. The van der Waals surface area contributed by atoms with Crippen LogP contribution in [0.5, 0.6) is 0 Å². The average Bonchev–Trinajstić information content (AvgIpc) is 2.68. The normalized spacial score (nSPS) is 14.7. The van der Waals surface area contributed by atoms with Crippen LogP contribution < -0.4 is 10.2 Å². The molecule has 1 aliphatic heterocycles. The van der Waals surface area contributed by atoms with Gasteiger partial charge in [-0.05, 0) is 49.9 Å². The molecule has 0 unspecified atom stereocenters. The predicted molar refractivity (Wildman–Crippen MR) is 103 cm³/mol. The summed E-state index contributed by atoms with van der Waals surface area (Å²) in [5, 5.41) is 2.72. The molecule has 0 aliphatic carbocycles. The lowest BCUT2D eigenvalue weighted by Crippen LogP contribution is -2.32. The molecule has 0 bridgehead atoms. The van der Waals surface area contributed by atoms with Crippen LogP contribution in [0, 0.1) is 12.8 Å². The van der Waals surface area contributed by atoms with Crippen molar-refractivity contribution in [3.8, 4) is 0 Å². The second-order valence-corrected chi connectivity index (χ2v) is 6.88. The van der Waals surface area contributed by atoms with Crippen LogP contribution in [0.1, 0.15) is 35.9 Å². The first kappa shape index (κ1) is 18.8. The molecule has 0 spiro atoms. The zero-order valence-electron chi connectivity index (χ0n) is 15.6. The summed E-state index contributed by atoms with van der Waals surface area (Å²) in [6, 6.07) is 7.72. The molecule has 1 saturated heterocycles. The molecule has 1 aromatic carbocycles. The van der Waals surface area contributed by atoms with Gasteiger partial charge in [0.15, 0.2) is 12.3 Å². The number of piperidine rings is 1. The average molecular weight is 368 g/mol.